The third kappa shape index (κ3) is 4.73. The van der Waals surface area contributed by atoms with Crippen molar-refractivity contribution in [2.75, 3.05) is 14.2 Å². The highest BCUT2D eigenvalue weighted by Gasteiger charge is 2.47. The maximum absolute atomic E-state index is 13.7. The molecule has 0 amide bonds. The van der Waals surface area contributed by atoms with Gasteiger partial charge < -0.3 is 13.9 Å². The van der Waals surface area contributed by atoms with E-state index in [-0.39, 0.29) is 4.90 Å². The first-order chi connectivity index (χ1) is 16.4. The lowest BCUT2D eigenvalue weighted by Crippen LogP contribution is -2.47. The van der Waals surface area contributed by atoms with Crippen LogP contribution < -0.4 is 9.47 Å². The van der Waals surface area contributed by atoms with Crippen LogP contribution in [0.3, 0.4) is 0 Å². The lowest BCUT2D eigenvalue weighted by molar-refractivity contribution is 0.414. The molecule has 35 heavy (non-hydrogen) atoms. The molecule has 0 radical (unpaired) electrons. The molecular formula is C27H37NO5SSi. The molecule has 0 aliphatic rings. The van der Waals surface area contributed by atoms with Crippen LogP contribution in [0.4, 0.5) is 0 Å². The number of ether oxygens (including phenoxy) is 2. The van der Waals surface area contributed by atoms with E-state index in [1.165, 1.54) is 3.97 Å². The van der Waals surface area contributed by atoms with E-state index < -0.39 is 18.3 Å². The monoisotopic (exact) mass is 515 g/mol. The first kappa shape index (κ1) is 26.9. The minimum Gasteiger partial charge on any atom is -0.543 e. The molecule has 0 aliphatic carbocycles. The molecular weight excluding hydrogens is 478 g/mol. The Labute approximate surface area is 210 Å². The summed E-state index contributed by atoms with van der Waals surface area (Å²) in [5, 5.41) is 0.714. The molecule has 0 saturated carbocycles. The van der Waals surface area contributed by atoms with Crippen LogP contribution in [0.25, 0.3) is 16.7 Å². The van der Waals surface area contributed by atoms with Crippen LogP contribution in [0.2, 0.25) is 16.6 Å². The minimum atomic E-state index is -3.88. The van der Waals surface area contributed by atoms with Gasteiger partial charge in [0.25, 0.3) is 18.3 Å². The van der Waals surface area contributed by atoms with Crippen LogP contribution in [0, 0.1) is 0 Å². The van der Waals surface area contributed by atoms with E-state index in [2.05, 4.69) is 48.1 Å². The van der Waals surface area contributed by atoms with Gasteiger partial charge in [0.15, 0.2) is 0 Å². The van der Waals surface area contributed by atoms with Gasteiger partial charge in [0.1, 0.15) is 17.3 Å². The Hall–Kier alpha value is -2.71. The standard InChI is InChI=1S/C27H37NO5SSi/c1-18(2)35(19(3)4,20(5)6)33-21(7)26-17-28(27-15-12-23(32-9)16-25(26)27)34(29,30)24-13-10-22(31-8)11-14-24/h10-20H,7H2,1-6,8-9H3. The van der Waals surface area contributed by atoms with Gasteiger partial charge in [0.05, 0.1) is 24.6 Å². The van der Waals surface area contributed by atoms with Crippen LogP contribution in [-0.2, 0) is 14.4 Å². The van der Waals surface area contributed by atoms with Crippen molar-refractivity contribution in [2.45, 2.75) is 63.1 Å². The summed E-state index contributed by atoms with van der Waals surface area (Å²) in [6, 6.07) is 11.7. The van der Waals surface area contributed by atoms with Crippen molar-refractivity contribution in [1.29, 1.82) is 0 Å². The number of hydrogen-bond acceptors (Lipinski definition) is 5. The summed E-state index contributed by atoms with van der Waals surface area (Å²) in [6.07, 6.45) is 1.62. The summed E-state index contributed by atoms with van der Waals surface area (Å²) >= 11 is 0. The molecule has 0 bridgehead atoms. The van der Waals surface area contributed by atoms with Gasteiger partial charge >= 0.3 is 0 Å². The molecule has 0 N–H and O–H groups in total. The Morgan fingerprint density at radius 2 is 1.37 bits per heavy atom. The summed E-state index contributed by atoms with van der Waals surface area (Å²) in [7, 11) is -3.04. The van der Waals surface area contributed by atoms with Gasteiger partial charge in [0, 0.05) is 17.1 Å². The molecule has 2 aromatic carbocycles. The average Bonchev–Trinajstić information content (AvgIpc) is 3.21. The number of aromatic nitrogens is 1. The SMILES string of the molecule is C=C(O[Si](C(C)C)(C(C)C)C(C)C)c1cn(S(=O)(=O)c2ccc(OC)cc2)c2ccc(OC)cc12. The van der Waals surface area contributed by atoms with Crippen molar-refractivity contribution >= 4 is 35.0 Å². The second kappa shape index (κ2) is 10.1. The van der Waals surface area contributed by atoms with Crippen molar-refractivity contribution in [3.8, 4) is 11.5 Å². The number of rotatable bonds is 10. The molecule has 0 unspecified atom stereocenters. The summed E-state index contributed by atoms with van der Waals surface area (Å²) in [6.45, 7) is 17.6. The number of benzene rings is 2. The molecule has 1 heterocycles. The lowest BCUT2D eigenvalue weighted by Gasteiger charge is -2.42. The summed E-state index contributed by atoms with van der Waals surface area (Å²) in [4.78, 5) is 0.166. The molecule has 0 spiro atoms. The highest BCUT2D eigenvalue weighted by molar-refractivity contribution is 7.90. The summed E-state index contributed by atoms with van der Waals surface area (Å²) in [5.74, 6) is 1.71. The Morgan fingerprint density at radius 3 is 1.86 bits per heavy atom. The second-order valence-electron chi connectivity index (χ2n) is 9.75. The molecule has 8 heteroatoms. The Kier molecular flexibility index (Phi) is 7.76. The number of fused-ring (bicyclic) bond motifs is 1. The molecule has 6 nitrogen and oxygen atoms in total. The van der Waals surface area contributed by atoms with E-state index in [0.717, 1.165) is 0 Å². The molecule has 0 fully saturated rings. The van der Waals surface area contributed by atoms with Crippen molar-refractivity contribution in [1.82, 2.24) is 3.97 Å². The van der Waals surface area contributed by atoms with Gasteiger partial charge in [-0.05, 0) is 59.1 Å². The molecule has 3 rings (SSSR count). The van der Waals surface area contributed by atoms with Gasteiger partial charge in [-0.25, -0.2) is 12.4 Å². The minimum absolute atomic E-state index is 0.166. The van der Waals surface area contributed by atoms with E-state index in [4.69, 9.17) is 13.9 Å². The van der Waals surface area contributed by atoms with Crippen LogP contribution in [0.1, 0.15) is 47.1 Å². The zero-order valence-corrected chi connectivity index (χ0v) is 23.8. The van der Waals surface area contributed by atoms with Gasteiger partial charge in [-0.1, -0.05) is 48.1 Å². The van der Waals surface area contributed by atoms with Crippen molar-refractivity contribution in [3.63, 3.8) is 0 Å². The summed E-state index contributed by atoms with van der Waals surface area (Å²) in [5.41, 5.74) is 2.24. The van der Waals surface area contributed by atoms with Crippen molar-refractivity contribution in [2.24, 2.45) is 0 Å². The zero-order chi connectivity index (χ0) is 26.1. The molecule has 3 aromatic rings. The number of hydrogen-bond donors (Lipinski definition) is 0. The predicted molar refractivity (Wildman–Crippen MR) is 145 cm³/mol. The smallest absolute Gasteiger partial charge is 0.268 e. The van der Waals surface area contributed by atoms with Gasteiger partial charge in [-0.2, -0.15) is 0 Å². The fraction of sp³-hybridized carbons (Fsp3) is 0.407. The van der Waals surface area contributed by atoms with E-state index in [1.54, 1.807) is 56.8 Å². The normalized spacial score (nSPS) is 12.5. The zero-order valence-electron chi connectivity index (χ0n) is 22.0. The van der Waals surface area contributed by atoms with E-state index in [1.807, 2.05) is 6.07 Å². The topological polar surface area (TPSA) is 66.8 Å². The molecule has 0 atom stereocenters. The third-order valence-electron chi connectivity index (χ3n) is 6.90. The second-order valence-corrected chi connectivity index (χ2v) is 16.9. The summed E-state index contributed by atoms with van der Waals surface area (Å²) < 4.78 is 46.1. The van der Waals surface area contributed by atoms with Gasteiger partial charge in [-0.3, -0.25) is 0 Å². The third-order valence-corrected chi connectivity index (χ3v) is 14.6. The highest BCUT2D eigenvalue weighted by Crippen LogP contribution is 2.45. The molecule has 0 aliphatic heterocycles. The Morgan fingerprint density at radius 1 is 0.857 bits per heavy atom. The van der Waals surface area contributed by atoms with Crippen LogP contribution >= 0.6 is 0 Å². The van der Waals surface area contributed by atoms with E-state index in [0.29, 0.717) is 50.3 Å². The largest absolute Gasteiger partial charge is 0.543 e. The van der Waals surface area contributed by atoms with Gasteiger partial charge in [0.2, 0.25) is 0 Å². The molecule has 1 aromatic heterocycles. The quantitative estimate of drug-likeness (QED) is 0.214. The predicted octanol–water partition coefficient (Wildman–Crippen LogP) is 7.06. The van der Waals surface area contributed by atoms with Crippen molar-refractivity contribution in [3.05, 3.63) is 60.8 Å². The maximum atomic E-state index is 13.7. The number of methoxy groups -OCH3 is 2. The van der Waals surface area contributed by atoms with Crippen LogP contribution in [0.15, 0.2) is 60.1 Å². The molecule has 190 valence electrons. The van der Waals surface area contributed by atoms with Crippen molar-refractivity contribution < 1.29 is 22.3 Å². The highest BCUT2D eigenvalue weighted by atomic mass is 32.2. The van der Waals surface area contributed by atoms with E-state index in [9.17, 15) is 8.42 Å². The Bertz CT molecular complexity index is 1290. The maximum Gasteiger partial charge on any atom is 0.268 e. The first-order valence-corrected chi connectivity index (χ1v) is 15.4. The van der Waals surface area contributed by atoms with Gasteiger partial charge in [-0.15, -0.1) is 0 Å². The average molecular weight is 516 g/mol. The fourth-order valence-corrected chi connectivity index (χ4v) is 11.8. The molecule has 0 saturated heterocycles. The van der Waals surface area contributed by atoms with Crippen LogP contribution in [-0.4, -0.2) is 34.9 Å². The lowest BCUT2D eigenvalue weighted by atomic mass is 10.1. The number of nitrogens with zero attached hydrogens (tertiary/aromatic N) is 1. The Balaban J connectivity index is 2.20. The first-order valence-electron chi connectivity index (χ1n) is 11.9. The van der Waals surface area contributed by atoms with E-state index >= 15 is 0 Å². The fourth-order valence-electron chi connectivity index (χ4n) is 5.21. The van der Waals surface area contributed by atoms with Crippen LogP contribution in [0.5, 0.6) is 11.5 Å².